The Labute approximate surface area is 210 Å². The van der Waals surface area contributed by atoms with Crippen molar-refractivity contribution >= 4 is 39.3 Å². The highest BCUT2D eigenvalue weighted by atomic mass is 35.5. The van der Waals surface area contributed by atoms with Gasteiger partial charge in [-0.05, 0) is 61.1 Å². The molecule has 0 spiro atoms. The number of sulfonamides is 1. The number of hydrogen-bond donors (Lipinski definition) is 2. The molecule has 3 rings (SSSR count). The Morgan fingerprint density at radius 3 is 2.35 bits per heavy atom. The summed E-state index contributed by atoms with van der Waals surface area (Å²) >= 11 is 7.67. The van der Waals surface area contributed by atoms with Gasteiger partial charge in [0.1, 0.15) is 16.7 Å². The predicted octanol–water partition coefficient (Wildman–Crippen LogP) is 4.84. The summed E-state index contributed by atoms with van der Waals surface area (Å²) in [4.78, 5) is 14.3. The molecule has 9 heteroatoms. The largest absolute Gasteiger partial charge is 0.495 e. The zero-order valence-electron chi connectivity index (χ0n) is 19.1. The van der Waals surface area contributed by atoms with Gasteiger partial charge in [0.05, 0.1) is 13.2 Å². The second kappa shape index (κ2) is 11.8. The summed E-state index contributed by atoms with van der Waals surface area (Å²) in [6, 6.07) is 20.1. The van der Waals surface area contributed by atoms with E-state index in [2.05, 4.69) is 10.0 Å². The monoisotopic (exact) mass is 518 g/mol. The fourth-order valence-electron chi connectivity index (χ4n) is 3.44. The molecule has 3 aromatic rings. The van der Waals surface area contributed by atoms with Crippen LogP contribution in [0, 0.1) is 0 Å². The highest BCUT2D eigenvalue weighted by Gasteiger charge is 2.29. The molecule has 6 nitrogen and oxygen atoms in total. The third kappa shape index (κ3) is 6.76. The van der Waals surface area contributed by atoms with Crippen LogP contribution in [0.25, 0.3) is 0 Å². The van der Waals surface area contributed by atoms with Crippen molar-refractivity contribution in [3.05, 3.63) is 88.9 Å². The summed E-state index contributed by atoms with van der Waals surface area (Å²) in [5.74, 6) is -0.298. The van der Waals surface area contributed by atoms with Crippen LogP contribution in [0.5, 0.6) is 5.75 Å². The van der Waals surface area contributed by atoms with Crippen molar-refractivity contribution in [1.29, 1.82) is 0 Å². The van der Waals surface area contributed by atoms with E-state index in [1.54, 1.807) is 11.8 Å². The fraction of sp³-hybridized carbons (Fsp3) is 0.240. The number of amides is 1. The molecule has 0 radical (unpaired) electrons. The summed E-state index contributed by atoms with van der Waals surface area (Å²) < 4.78 is 34.3. The molecule has 1 amide bonds. The van der Waals surface area contributed by atoms with Crippen LogP contribution in [0.2, 0.25) is 5.02 Å². The summed E-state index contributed by atoms with van der Waals surface area (Å²) in [6.45, 7) is 1.86. The zero-order chi connectivity index (χ0) is 24.7. The smallest absolute Gasteiger partial charge is 0.245 e. The number of hydrogen-bond acceptors (Lipinski definition) is 5. The molecule has 0 fully saturated rings. The Hall–Kier alpha value is -2.52. The number of carbonyl (C=O) groups excluding carboxylic acids is 1. The molecule has 0 aliphatic carbocycles. The molecule has 2 atom stereocenters. The molecule has 0 bridgehead atoms. The number of carbonyl (C=O) groups is 1. The van der Waals surface area contributed by atoms with Crippen LogP contribution in [-0.2, 0) is 21.2 Å². The molecule has 0 aromatic heterocycles. The van der Waals surface area contributed by atoms with Crippen molar-refractivity contribution in [1.82, 2.24) is 10.0 Å². The van der Waals surface area contributed by atoms with Crippen molar-refractivity contribution in [2.45, 2.75) is 35.2 Å². The van der Waals surface area contributed by atoms with E-state index in [0.717, 1.165) is 16.0 Å². The number of halogens is 1. The van der Waals surface area contributed by atoms with E-state index in [0.29, 0.717) is 0 Å². The normalized spacial score (nSPS) is 13.2. The molecule has 3 aromatic carbocycles. The summed E-state index contributed by atoms with van der Waals surface area (Å²) in [5.41, 5.74) is 1.74. The van der Waals surface area contributed by atoms with Crippen molar-refractivity contribution in [3.8, 4) is 5.75 Å². The van der Waals surface area contributed by atoms with Crippen LogP contribution in [0.1, 0.15) is 24.1 Å². The van der Waals surface area contributed by atoms with Gasteiger partial charge in [0.25, 0.3) is 0 Å². The first-order valence-electron chi connectivity index (χ1n) is 10.6. The Bertz CT molecular complexity index is 1220. The first kappa shape index (κ1) is 26.1. The lowest BCUT2D eigenvalue weighted by molar-refractivity contribution is -0.123. The minimum Gasteiger partial charge on any atom is -0.495 e. The molecule has 0 saturated heterocycles. The van der Waals surface area contributed by atoms with Crippen molar-refractivity contribution in [2.75, 3.05) is 13.4 Å². The molecule has 2 N–H and O–H groups in total. The van der Waals surface area contributed by atoms with E-state index >= 15 is 0 Å². The number of thioether (sulfide) groups is 1. The second-order valence-corrected chi connectivity index (χ2v) is 10.7. The van der Waals surface area contributed by atoms with Gasteiger partial charge in [0, 0.05) is 9.92 Å². The minimum absolute atomic E-state index is 0.130. The number of benzene rings is 3. The molecule has 34 heavy (non-hydrogen) atoms. The quantitative estimate of drug-likeness (QED) is 0.375. The van der Waals surface area contributed by atoms with E-state index in [1.165, 1.54) is 25.3 Å². The zero-order valence-corrected chi connectivity index (χ0v) is 21.5. The Kier molecular flexibility index (Phi) is 9.02. The maximum absolute atomic E-state index is 13.3. The molecular weight excluding hydrogens is 492 g/mol. The molecule has 0 unspecified atom stereocenters. The van der Waals surface area contributed by atoms with Crippen molar-refractivity contribution in [3.63, 3.8) is 0 Å². The molecule has 180 valence electrons. The summed E-state index contributed by atoms with van der Waals surface area (Å²) in [6.07, 6.45) is 2.17. The van der Waals surface area contributed by atoms with Gasteiger partial charge in [-0.3, -0.25) is 4.79 Å². The van der Waals surface area contributed by atoms with Gasteiger partial charge in [0.15, 0.2) is 0 Å². The lowest BCUT2D eigenvalue weighted by Gasteiger charge is -2.22. The number of ether oxygens (including phenoxy) is 1. The Morgan fingerprint density at radius 2 is 1.74 bits per heavy atom. The SMILES string of the molecule is COc1ccc(Cl)cc1S(=O)(=O)N[C@H](Cc1ccccc1)C(=O)N[C@@H](C)c1ccc(SC)cc1. The average molecular weight is 519 g/mol. The number of rotatable bonds is 10. The first-order valence-corrected chi connectivity index (χ1v) is 13.7. The second-order valence-electron chi connectivity index (χ2n) is 7.66. The van der Waals surface area contributed by atoms with Crippen LogP contribution in [-0.4, -0.2) is 33.7 Å². The van der Waals surface area contributed by atoms with Crippen LogP contribution in [0.4, 0.5) is 0 Å². The third-order valence-electron chi connectivity index (χ3n) is 5.29. The molecule has 0 aliphatic rings. The highest BCUT2D eigenvalue weighted by molar-refractivity contribution is 7.98. The standard InChI is InChI=1S/C25H27ClN2O4S2/c1-17(19-9-12-21(33-3)13-10-19)27-25(29)22(15-18-7-5-4-6-8-18)28-34(30,31)24-16-20(26)11-14-23(24)32-2/h4-14,16-17,22,28H,15H2,1-3H3,(H,27,29)/t17-,22+/m0/s1. The molecule has 0 heterocycles. The van der Waals surface area contributed by atoms with Gasteiger partial charge in [-0.1, -0.05) is 54.1 Å². The van der Waals surface area contributed by atoms with Crippen molar-refractivity contribution < 1.29 is 17.9 Å². The lowest BCUT2D eigenvalue weighted by atomic mass is 10.0. The first-order chi connectivity index (χ1) is 16.2. The minimum atomic E-state index is -4.12. The predicted molar refractivity (Wildman–Crippen MR) is 137 cm³/mol. The Balaban J connectivity index is 1.87. The van der Waals surface area contributed by atoms with Crippen LogP contribution in [0.15, 0.2) is 82.6 Å². The summed E-state index contributed by atoms with van der Waals surface area (Å²) in [5, 5.41) is 3.18. The third-order valence-corrected chi connectivity index (χ3v) is 7.76. The van der Waals surface area contributed by atoms with E-state index < -0.39 is 22.0 Å². The van der Waals surface area contributed by atoms with Gasteiger partial charge >= 0.3 is 0 Å². The van der Waals surface area contributed by atoms with E-state index in [1.807, 2.05) is 67.8 Å². The molecule has 0 aliphatic heterocycles. The Morgan fingerprint density at radius 1 is 1.06 bits per heavy atom. The maximum Gasteiger partial charge on any atom is 0.245 e. The highest BCUT2D eigenvalue weighted by Crippen LogP contribution is 2.27. The van der Waals surface area contributed by atoms with E-state index in [-0.39, 0.29) is 28.1 Å². The van der Waals surface area contributed by atoms with Crippen LogP contribution in [0.3, 0.4) is 0 Å². The van der Waals surface area contributed by atoms with Gasteiger partial charge < -0.3 is 10.1 Å². The maximum atomic E-state index is 13.3. The lowest BCUT2D eigenvalue weighted by Crippen LogP contribution is -2.48. The van der Waals surface area contributed by atoms with Crippen LogP contribution < -0.4 is 14.8 Å². The number of nitrogens with one attached hydrogen (secondary N) is 2. The van der Waals surface area contributed by atoms with E-state index in [4.69, 9.17) is 16.3 Å². The average Bonchev–Trinajstić information content (AvgIpc) is 2.84. The molecular formula is C25H27ClN2O4S2. The van der Waals surface area contributed by atoms with Gasteiger partial charge in [-0.15, -0.1) is 11.8 Å². The fourth-order valence-corrected chi connectivity index (χ4v) is 5.47. The van der Waals surface area contributed by atoms with E-state index in [9.17, 15) is 13.2 Å². The van der Waals surface area contributed by atoms with Gasteiger partial charge in [0.2, 0.25) is 15.9 Å². The molecule has 0 saturated carbocycles. The van der Waals surface area contributed by atoms with Crippen molar-refractivity contribution in [2.24, 2.45) is 0 Å². The van der Waals surface area contributed by atoms with Gasteiger partial charge in [-0.2, -0.15) is 4.72 Å². The van der Waals surface area contributed by atoms with Gasteiger partial charge in [-0.25, -0.2) is 8.42 Å². The topological polar surface area (TPSA) is 84.5 Å². The summed E-state index contributed by atoms with van der Waals surface area (Å²) in [7, 11) is -2.75. The number of methoxy groups -OCH3 is 1. The van der Waals surface area contributed by atoms with Crippen LogP contribution >= 0.6 is 23.4 Å².